The summed E-state index contributed by atoms with van der Waals surface area (Å²) in [4.78, 5) is 12.1. The Bertz CT molecular complexity index is 969. The maximum atomic E-state index is 13.0. The van der Waals surface area contributed by atoms with E-state index in [9.17, 15) is 13.6 Å². The highest BCUT2D eigenvalue weighted by Gasteiger charge is 2.43. The van der Waals surface area contributed by atoms with Crippen molar-refractivity contribution >= 4 is 17.7 Å². The normalized spacial score (nSPS) is 13.8. The summed E-state index contributed by atoms with van der Waals surface area (Å²) >= 11 is 0. The van der Waals surface area contributed by atoms with Gasteiger partial charge in [0.05, 0.1) is 7.11 Å². The zero-order valence-electron chi connectivity index (χ0n) is 14.6. The molecule has 0 saturated carbocycles. The molecule has 0 saturated heterocycles. The van der Waals surface area contributed by atoms with Gasteiger partial charge >= 0.3 is 6.29 Å². The van der Waals surface area contributed by atoms with Crippen molar-refractivity contribution in [2.75, 3.05) is 19.0 Å². The quantitative estimate of drug-likeness (QED) is 0.761. The molecule has 1 aliphatic heterocycles. The third-order valence-electron chi connectivity index (χ3n) is 3.58. The first kappa shape index (κ1) is 19.0. The van der Waals surface area contributed by atoms with Crippen LogP contribution in [0.1, 0.15) is 5.56 Å². The number of alkyl halides is 2. The van der Waals surface area contributed by atoms with Crippen LogP contribution in [0, 0.1) is 11.3 Å². The highest BCUT2D eigenvalue weighted by Crippen LogP contribution is 2.42. The second-order valence-electron chi connectivity index (χ2n) is 5.51. The number of nitriles is 1. The number of nitrogens with one attached hydrogen (secondary N) is 1. The molecule has 1 N–H and O–H groups in total. The topological polar surface area (TPSA) is 89.8 Å². The highest BCUT2D eigenvalue weighted by atomic mass is 19.3. The van der Waals surface area contributed by atoms with Crippen LogP contribution in [0.3, 0.4) is 0 Å². The van der Waals surface area contributed by atoms with Crippen LogP contribution in [-0.2, 0) is 4.79 Å². The van der Waals surface area contributed by atoms with Crippen LogP contribution in [-0.4, -0.2) is 25.9 Å². The first-order valence-corrected chi connectivity index (χ1v) is 7.97. The van der Waals surface area contributed by atoms with Crippen molar-refractivity contribution in [2.45, 2.75) is 6.29 Å². The average Bonchev–Trinajstić information content (AvgIpc) is 2.98. The monoisotopic (exact) mass is 388 g/mol. The molecule has 0 fully saturated rings. The van der Waals surface area contributed by atoms with Crippen LogP contribution in [0.2, 0.25) is 0 Å². The van der Waals surface area contributed by atoms with E-state index < -0.39 is 12.2 Å². The Hall–Kier alpha value is -3.80. The van der Waals surface area contributed by atoms with Crippen LogP contribution in [0.25, 0.3) is 6.08 Å². The van der Waals surface area contributed by atoms with E-state index in [4.69, 9.17) is 14.7 Å². The van der Waals surface area contributed by atoms with Gasteiger partial charge in [0.15, 0.2) is 29.6 Å². The van der Waals surface area contributed by atoms with E-state index in [0.717, 1.165) is 0 Å². The SMILES string of the molecule is COc1cc(/C=C/C(=O)Nc2ccc3c(c2)OC(F)(F)O3)ccc1OCC#N. The van der Waals surface area contributed by atoms with Gasteiger partial charge in [0.2, 0.25) is 5.91 Å². The molecule has 7 nitrogen and oxygen atoms in total. The largest absolute Gasteiger partial charge is 0.586 e. The lowest BCUT2D eigenvalue weighted by Crippen LogP contribution is -2.25. The molecule has 2 aromatic carbocycles. The number of carbonyl (C=O) groups excluding carboxylic acids is 1. The Morgan fingerprint density at radius 3 is 2.75 bits per heavy atom. The fraction of sp³-hybridized carbons (Fsp3) is 0.158. The molecule has 0 atom stereocenters. The predicted octanol–water partition coefficient (Wildman–Crippen LogP) is 3.57. The number of benzene rings is 2. The van der Waals surface area contributed by atoms with Gasteiger partial charge in [0, 0.05) is 17.8 Å². The van der Waals surface area contributed by atoms with E-state index >= 15 is 0 Å². The Labute approximate surface area is 158 Å². The summed E-state index contributed by atoms with van der Waals surface area (Å²) in [6.45, 7) is -0.116. The van der Waals surface area contributed by atoms with Gasteiger partial charge in [0.1, 0.15) is 6.07 Å². The van der Waals surface area contributed by atoms with Gasteiger partial charge in [-0.25, -0.2) is 0 Å². The zero-order valence-corrected chi connectivity index (χ0v) is 14.6. The fourth-order valence-electron chi connectivity index (χ4n) is 2.40. The van der Waals surface area contributed by atoms with Crippen molar-refractivity contribution in [3.63, 3.8) is 0 Å². The van der Waals surface area contributed by atoms with E-state index in [1.807, 2.05) is 6.07 Å². The van der Waals surface area contributed by atoms with Gasteiger partial charge in [-0.2, -0.15) is 5.26 Å². The summed E-state index contributed by atoms with van der Waals surface area (Å²) in [5.41, 5.74) is 0.925. The van der Waals surface area contributed by atoms with E-state index in [-0.39, 0.29) is 23.8 Å². The number of hydrogen-bond donors (Lipinski definition) is 1. The summed E-state index contributed by atoms with van der Waals surface area (Å²) in [6.07, 6.45) is -0.913. The smallest absolute Gasteiger partial charge is 0.493 e. The van der Waals surface area contributed by atoms with Crippen LogP contribution < -0.4 is 24.3 Å². The molecule has 0 unspecified atom stereocenters. The molecule has 9 heteroatoms. The number of ether oxygens (including phenoxy) is 4. The summed E-state index contributed by atoms with van der Waals surface area (Å²) in [5, 5.41) is 11.1. The Balaban J connectivity index is 1.65. The molecular formula is C19H14F2N2O5. The number of anilines is 1. The zero-order chi connectivity index (χ0) is 20.1. The van der Waals surface area contributed by atoms with E-state index in [1.165, 1.54) is 37.5 Å². The molecular weight excluding hydrogens is 374 g/mol. The van der Waals surface area contributed by atoms with Crippen molar-refractivity contribution in [2.24, 2.45) is 0 Å². The number of hydrogen-bond acceptors (Lipinski definition) is 6. The van der Waals surface area contributed by atoms with Gasteiger partial charge in [0.25, 0.3) is 0 Å². The summed E-state index contributed by atoms with van der Waals surface area (Å²) in [5.74, 6) is 0.0699. The fourth-order valence-corrected chi connectivity index (χ4v) is 2.40. The number of rotatable bonds is 6. The first-order valence-electron chi connectivity index (χ1n) is 7.97. The lowest BCUT2D eigenvalue weighted by Gasteiger charge is -2.08. The van der Waals surface area contributed by atoms with E-state index in [0.29, 0.717) is 17.1 Å². The van der Waals surface area contributed by atoms with Gasteiger partial charge < -0.3 is 24.3 Å². The minimum absolute atomic E-state index is 0.107. The van der Waals surface area contributed by atoms with Gasteiger partial charge in [-0.3, -0.25) is 4.79 Å². The molecule has 28 heavy (non-hydrogen) atoms. The molecule has 0 bridgehead atoms. The molecule has 1 aliphatic rings. The number of fused-ring (bicyclic) bond motifs is 1. The highest BCUT2D eigenvalue weighted by molar-refractivity contribution is 6.02. The molecule has 2 aromatic rings. The summed E-state index contributed by atoms with van der Waals surface area (Å²) in [7, 11) is 1.46. The van der Waals surface area contributed by atoms with Crippen LogP contribution >= 0.6 is 0 Å². The molecule has 0 aromatic heterocycles. The molecule has 3 rings (SSSR count). The molecule has 0 aliphatic carbocycles. The number of carbonyl (C=O) groups is 1. The van der Waals surface area contributed by atoms with Crippen molar-refractivity contribution < 1.29 is 32.5 Å². The molecule has 144 valence electrons. The Kier molecular flexibility index (Phi) is 5.31. The summed E-state index contributed by atoms with van der Waals surface area (Å²) in [6, 6.07) is 10.7. The Morgan fingerprint density at radius 2 is 2.00 bits per heavy atom. The maximum Gasteiger partial charge on any atom is 0.586 e. The second kappa shape index (κ2) is 7.84. The van der Waals surface area contributed by atoms with Crippen molar-refractivity contribution in [3.8, 4) is 29.1 Å². The molecule has 0 radical (unpaired) electrons. The molecule has 1 heterocycles. The molecule has 1 amide bonds. The standard InChI is InChI=1S/C19H14F2N2O5/c1-25-16-10-12(2-5-14(16)26-9-8-22)3-7-18(24)23-13-4-6-15-17(11-13)28-19(20,21)27-15/h2-7,10-11H,9H2,1H3,(H,23,24)/b7-3+. The number of halogens is 2. The Morgan fingerprint density at radius 1 is 1.21 bits per heavy atom. The number of nitrogens with zero attached hydrogens (tertiary/aromatic N) is 1. The third kappa shape index (κ3) is 4.48. The lowest BCUT2D eigenvalue weighted by molar-refractivity contribution is -0.286. The third-order valence-corrected chi connectivity index (χ3v) is 3.58. The van der Waals surface area contributed by atoms with Gasteiger partial charge in [-0.15, -0.1) is 8.78 Å². The maximum absolute atomic E-state index is 13.0. The predicted molar refractivity (Wildman–Crippen MR) is 94.4 cm³/mol. The average molecular weight is 388 g/mol. The van der Waals surface area contributed by atoms with Crippen LogP contribution in [0.5, 0.6) is 23.0 Å². The van der Waals surface area contributed by atoms with Gasteiger partial charge in [-0.1, -0.05) is 6.07 Å². The number of methoxy groups -OCH3 is 1. The van der Waals surface area contributed by atoms with Gasteiger partial charge in [-0.05, 0) is 35.9 Å². The second-order valence-corrected chi connectivity index (χ2v) is 5.51. The lowest BCUT2D eigenvalue weighted by atomic mass is 10.2. The molecule has 0 spiro atoms. The minimum atomic E-state index is -3.72. The van der Waals surface area contributed by atoms with E-state index in [1.54, 1.807) is 18.2 Å². The minimum Gasteiger partial charge on any atom is -0.493 e. The van der Waals surface area contributed by atoms with Crippen LogP contribution in [0.4, 0.5) is 14.5 Å². The first-order chi connectivity index (χ1) is 13.4. The van der Waals surface area contributed by atoms with Crippen molar-refractivity contribution in [3.05, 3.63) is 48.0 Å². The van der Waals surface area contributed by atoms with Crippen molar-refractivity contribution in [1.29, 1.82) is 5.26 Å². The van der Waals surface area contributed by atoms with Crippen molar-refractivity contribution in [1.82, 2.24) is 0 Å². The van der Waals surface area contributed by atoms with Crippen LogP contribution in [0.15, 0.2) is 42.5 Å². The summed E-state index contributed by atoms with van der Waals surface area (Å²) < 4.78 is 45.1. The number of amides is 1. The van der Waals surface area contributed by atoms with E-state index in [2.05, 4.69) is 14.8 Å².